The van der Waals surface area contributed by atoms with Gasteiger partial charge in [-0.1, -0.05) is 35.9 Å². The van der Waals surface area contributed by atoms with E-state index < -0.39 is 11.7 Å². The highest BCUT2D eigenvalue weighted by atomic mass is 35.5. The predicted octanol–water partition coefficient (Wildman–Crippen LogP) is 5.81. The van der Waals surface area contributed by atoms with E-state index in [2.05, 4.69) is 5.32 Å². The number of carbonyl (C=O) groups excluding carboxylic acids is 2. The smallest absolute Gasteiger partial charge is 0.412 e. The monoisotopic (exact) mass is 431 g/mol. The maximum absolute atomic E-state index is 12.7. The van der Waals surface area contributed by atoms with E-state index in [9.17, 15) is 14.7 Å². The summed E-state index contributed by atoms with van der Waals surface area (Å²) in [7, 11) is 0. The minimum atomic E-state index is -0.560. The zero-order valence-corrected chi connectivity index (χ0v) is 18.8. The molecule has 0 aliphatic heterocycles. The number of hydrogen-bond acceptors (Lipinski definition) is 4. The third kappa shape index (κ3) is 7.81. The number of Topliss-reactive ketones (excluding diaryl/α,β-unsaturated/α-hetero) is 1. The van der Waals surface area contributed by atoms with Gasteiger partial charge in [0.25, 0.3) is 0 Å². The van der Waals surface area contributed by atoms with Crippen molar-refractivity contribution in [1.29, 1.82) is 0 Å². The minimum Gasteiger partial charge on any atom is -0.444 e. The molecule has 0 radical (unpaired) electrons. The van der Waals surface area contributed by atoms with Gasteiger partial charge in [0.2, 0.25) is 0 Å². The SMILES string of the molecule is Cc1ccc(C(=O)C[C@H](CCO)Cc2ccc(NC(=O)OC(C)(C)C)cc2)cc1Cl. The quantitative estimate of drug-likeness (QED) is 0.517. The third-order valence-corrected chi connectivity index (χ3v) is 5.04. The molecule has 0 heterocycles. The Hall–Kier alpha value is -2.37. The number of benzene rings is 2. The lowest BCUT2D eigenvalue weighted by atomic mass is 9.89. The molecule has 5 nitrogen and oxygen atoms in total. The van der Waals surface area contributed by atoms with Crippen molar-refractivity contribution < 1.29 is 19.4 Å². The number of ether oxygens (including phenoxy) is 1. The van der Waals surface area contributed by atoms with Crippen LogP contribution in [-0.4, -0.2) is 29.2 Å². The van der Waals surface area contributed by atoms with Gasteiger partial charge < -0.3 is 9.84 Å². The zero-order valence-electron chi connectivity index (χ0n) is 18.0. The molecule has 1 amide bonds. The van der Waals surface area contributed by atoms with Crippen molar-refractivity contribution in [3.63, 3.8) is 0 Å². The topological polar surface area (TPSA) is 75.6 Å². The Morgan fingerprint density at radius 1 is 1.13 bits per heavy atom. The first-order valence-corrected chi connectivity index (χ1v) is 10.4. The molecular weight excluding hydrogens is 402 g/mol. The molecular formula is C24H30ClNO4. The second kappa shape index (κ2) is 10.6. The number of nitrogens with one attached hydrogen (secondary N) is 1. The normalized spacial score (nSPS) is 12.3. The summed E-state index contributed by atoms with van der Waals surface area (Å²) in [5.74, 6) is 0.0193. The summed E-state index contributed by atoms with van der Waals surface area (Å²) in [5, 5.41) is 12.7. The molecule has 0 fully saturated rings. The van der Waals surface area contributed by atoms with Crippen LogP contribution in [-0.2, 0) is 11.2 Å². The van der Waals surface area contributed by atoms with E-state index in [1.54, 1.807) is 24.3 Å². The molecule has 0 unspecified atom stereocenters. The Morgan fingerprint density at radius 2 is 1.80 bits per heavy atom. The molecule has 0 saturated carbocycles. The first kappa shape index (κ1) is 23.9. The van der Waals surface area contributed by atoms with Gasteiger partial charge in [0.05, 0.1) is 0 Å². The number of aliphatic hydroxyl groups excluding tert-OH is 1. The molecule has 6 heteroatoms. The van der Waals surface area contributed by atoms with E-state index in [1.165, 1.54) is 0 Å². The molecule has 0 aliphatic rings. The van der Waals surface area contributed by atoms with Gasteiger partial charge in [-0.25, -0.2) is 4.79 Å². The Morgan fingerprint density at radius 3 is 2.37 bits per heavy atom. The maximum Gasteiger partial charge on any atom is 0.412 e. The van der Waals surface area contributed by atoms with Crippen molar-refractivity contribution in [2.75, 3.05) is 11.9 Å². The van der Waals surface area contributed by atoms with Crippen LogP contribution >= 0.6 is 11.6 Å². The van der Waals surface area contributed by atoms with Gasteiger partial charge in [-0.2, -0.15) is 0 Å². The van der Waals surface area contributed by atoms with E-state index in [4.69, 9.17) is 16.3 Å². The first-order chi connectivity index (χ1) is 14.1. The highest BCUT2D eigenvalue weighted by Crippen LogP contribution is 2.23. The molecule has 162 valence electrons. The fourth-order valence-corrected chi connectivity index (χ4v) is 3.26. The lowest BCUT2D eigenvalue weighted by molar-refractivity contribution is 0.0635. The van der Waals surface area contributed by atoms with Crippen molar-refractivity contribution in [3.8, 4) is 0 Å². The van der Waals surface area contributed by atoms with Crippen molar-refractivity contribution in [1.82, 2.24) is 0 Å². The summed E-state index contributed by atoms with van der Waals surface area (Å²) in [5.41, 5.74) is 2.62. The Balaban J connectivity index is 1.99. The summed E-state index contributed by atoms with van der Waals surface area (Å²) < 4.78 is 5.25. The molecule has 30 heavy (non-hydrogen) atoms. The van der Waals surface area contributed by atoms with Crippen LogP contribution in [0.4, 0.5) is 10.5 Å². The van der Waals surface area contributed by atoms with Gasteiger partial charge in [0.15, 0.2) is 5.78 Å². The summed E-state index contributed by atoms with van der Waals surface area (Å²) in [6, 6.07) is 12.7. The first-order valence-electron chi connectivity index (χ1n) is 10.1. The Kier molecular flexibility index (Phi) is 8.44. The van der Waals surface area contributed by atoms with E-state index in [1.807, 2.05) is 45.9 Å². The number of ketones is 1. The number of halogens is 1. The van der Waals surface area contributed by atoms with Crippen LogP contribution < -0.4 is 5.32 Å². The van der Waals surface area contributed by atoms with Crippen LogP contribution in [0.3, 0.4) is 0 Å². The molecule has 0 spiro atoms. The highest BCUT2D eigenvalue weighted by molar-refractivity contribution is 6.31. The number of hydrogen-bond donors (Lipinski definition) is 2. The number of anilines is 1. The van der Waals surface area contributed by atoms with Gasteiger partial charge in [-0.3, -0.25) is 10.1 Å². The van der Waals surface area contributed by atoms with Crippen LogP contribution in [0, 0.1) is 12.8 Å². The number of amides is 1. The van der Waals surface area contributed by atoms with Gasteiger partial charge in [-0.15, -0.1) is 0 Å². The minimum absolute atomic E-state index is 0.00671. The van der Waals surface area contributed by atoms with Gasteiger partial charge in [-0.05, 0) is 75.8 Å². The van der Waals surface area contributed by atoms with Gasteiger partial charge in [0.1, 0.15) is 5.60 Å². The van der Waals surface area contributed by atoms with Gasteiger partial charge in [0, 0.05) is 29.3 Å². The van der Waals surface area contributed by atoms with E-state index in [0.29, 0.717) is 35.5 Å². The summed E-state index contributed by atoms with van der Waals surface area (Å²) in [4.78, 5) is 24.5. The molecule has 0 saturated heterocycles. The summed E-state index contributed by atoms with van der Waals surface area (Å²) in [6.45, 7) is 7.34. The molecule has 0 aliphatic carbocycles. The van der Waals surface area contributed by atoms with E-state index in [0.717, 1.165) is 11.1 Å². The highest BCUT2D eigenvalue weighted by Gasteiger charge is 2.18. The predicted molar refractivity (Wildman–Crippen MR) is 120 cm³/mol. The van der Waals surface area contributed by atoms with Crippen LogP contribution in [0.1, 0.15) is 55.1 Å². The van der Waals surface area contributed by atoms with Crippen molar-refractivity contribution in [3.05, 3.63) is 64.2 Å². The molecule has 2 rings (SSSR count). The number of aliphatic hydroxyl groups is 1. The number of aryl methyl sites for hydroxylation is 1. The van der Waals surface area contributed by atoms with E-state index >= 15 is 0 Å². The van der Waals surface area contributed by atoms with Gasteiger partial charge >= 0.3 is 6.09 Å². The lowest BCUT2D eigenvalue weighted by Gasteiger charge is -2.20. The fourth-order valence-electron chi connectivity index (χ4n) is 3.08. The molecule has 0 aromatic heterocycles. The van der Waals surface area contributed by atoms with Crippen LogP contribution in [0.25, 0.3) is 0 Å². The number of rotatable bonds is 8. The van der Waals surface area contributed by atoms with Crippen molar-refractivity contribution >= 4 is 29.2 Å². The molecule has 2 N–H and O–H groups in total. The molecule has 2 aromatic carbocycles. The lowest BCUT2D eigenvalue weighted by Crippen LogP contribution is -2.27. The second-order valence-corrected chi connectivity index (χ2v) is 8.90. The largest absolute Gasteiger partial charge is 0.444 e. The molecule has 1 atom stereocenters. The fraction of sp³-hybridized carbons (Fsp3) is 0.417. The average Bonchev–Trinajstić information content (AvgIpc) is 2.64. The van der Waals surface area contributed by atoms with E-state index in [-0.39, 0.29) is 18.3 Å². The third-order valence-electron chi connectivity index (χ3n) is 4.63. The average molecular weight is 432 g/mol. The number of carbonyl (C=O) groups is 2. The van der Waals surface area contributed by atoms with Crippen molar-refractivity contribution in [2.45, 2.75) is 52.6 Å². The zero-order chi connectivity index (χ0) is 22.3. The summed E-state index contributed by atoms with van der Waals surface area (Å²) in [6.07, 6.45) is 1.01. The van der Waals surface area contributed by atoms with Crippen LogP contribution in [0.15, 0.2) is 42.5 Å². The van der Waals surface area contributed by atoms with Crippen LogP contribution in [0.5, 0.6) is 0 Å². The standard InChI is InChI=1S/C24H30ClNO4/c1-16-5-8-19(15-21(16)25)22(28)14-18(11-12-27)13-17-6-9-20(10-7-17)26-23(29)30-24(2,3)4/h5-10,15,18,27H,11-14H2,1-4H3,(H,26,29)/t18-/m1/s1. The molecule has 0 bridgehead atoms. The second-order valence-electron chi connectivity index (χ2n) is 8.50. The summed E-state index contributed by atoms with van der Waals surface area (Å²) >= 11 is 6.14. The maximum atomic E-state index is 12.7. The van der Waals surface area contributed by atoms with Crippen molar-refractivity contribution in [2.24, 2.45) is 5.92 Å². The Labute approximate surface area is 183 Å². The molecule has 2 aromatic rings. The Bertz CT molecular complexity index is 872. The van der Waals surface area contributed by atoms with Crippen LogP contribution in [0.2, 0.25) is 5.02 Å².